The summed E-state index contributed by atoms with van der Waals surface area (Å²) in [5, 5.41) is 0. The number of halogens is 3. The molecule has 0 atom stereocenters. The Morgan fingerprint density at radius 3 is 2.06 bits per heavy atom. The summed E-state index contributed by atoms with van der Waals surface area (Å²) in [4.78, 5) is 11.8. The number of aryl methyl sites for hydroxylation is 1. The van der Waals surface area contributed by atoms with E-state index in [9.17, 15) is 18.0 Å². The summed E-state index contributed by atoms with van der Waals surface area (Å²) < 4.78 is 40.1. The molecule has 16 heavy (non-hydrogen) atoms. The first-order valence-corrected chi connectivity index (χ1v) is 4.85. The fraction of sp³-hybridized carbons (Fsp3) is 0.417. The summed E-state index contributed by atoms with van der Waals surface area (Å²) in [7, 11) is 0. The number of rotatable bonds is 1. The predicted octanol–water partition coefficient (Wildman–Crippen LogP) is 3.64. The highest BCUT2D eigenvalue weighted by Gasteiger charge is 2.30. The Morgan fingerprint density at radius 2 is 1.62 bits per heavy atom. The zero-order chi connectivity index (χ0) is 12.7. The second kappa shape index (κ2) is 3.92. The highest BCUT2D eigenvalue weighted by molar-refractivity contribution is 6.00. The third kappa shape index (κ3) is 2.10. The summed E-state index contributed by atoms with van der Waals surface area (Å²) >= 11 is 0. The van der Waals surface area contributed by atoms with Crippen molar-refractivity contribution in [3.8, 4) is 0 Å². The minimum atomic E-state index is -1.41. The lowest BCUT2D eigenvalue weighted by Crippen LogP contribution is -2.23. The van der Waals surface area contributed by atoms with Crippen LogP contribution in [0.2, 0.25) is 0 Å². The van der Waals surface area contributed by atoms with E-state index < -0.39 is 34.2 Å². The topological polar surface area (TPSA) is 17.1 Å². The normalized spacial score (nSPS) is 11.7. The standard InChI is InChI=1S/C12H13F3O/c1-6-5-7(13)10(15)8(9(6)14)11(16)12(2,3)4/h5H,1-4H3. The van der Waals surface area contributed by atoms with Gasteiger partial charge in [-0.1, -0.05) is 20.8 Å². The Kier molecular flexibility index (Phi) is 3.13. The summed E-state index contributed by atoms with van der Waals surface area (Å²) in [5.41, 5.74) is -1.82. The van der Waals surface area contributed by atoms with Gasteiger partial charge in [0, 0.05) is 5.41 Å². The van der Waals surface area contributed by atoms with Crippen LogP contribution in [-0.2, 0) is 0 Å². The van der Waals surface area contributed by atoms with E-state index >= 15 is 0 Å². The molecular formula is C12H13F3O. The predicted molar refractivity (Wildman–Crippen MR) is 54.8 cm³/mol. The van der Waals surface area contributed by atoms with Crippen LogP contribution >= 0.6 is 0 Å². The van der Waals surface area contributed by atoms with Gasteiger partial charge in [0.05, 0.1) is 5.56 Å². The van der Waals surface area contributed by atoms with Gasteiger partial charge >= 0.3 is 0 Å². The van der Waals surface area contributed by atoms with E-state index in [4.69, 9.17) is 0 Å². The van der Waals surface area contributed by atoms with Crippen LogP contribution in [0.25, 0.3) is 0 Å². The monoisotopic (exact) mass is 230 g/mol. The molecular weight excluding hydrogens is 217 g/mol. The molecule has 0 heterocycles. The Morgan fingerprint density at radius 1 is 1.12 bits per heavy atom. The maximum absolute atomic E-state index is 13.6. The second-order valence-electron chi connectivity index (χ2n) is 4.76. The van der Waals surface area contributed by atoms with Gasteiger partial charge in [0.1, 0.15) is 5.82 Å². The van der Waals surface area contributed by atoms with Gasteiger partial charge in [-0.05, 0) is 18.6 Å². The third-order valence-electron chi connectivity index (χ3n) is 2.25. The molecule has 4 heteroatoms. The molecule has 1 nitrogen and oxygen atoms in total. The molecule has 0 radical (unpaired) electrons. The van der Waals surface area contributed by atoms with Crippen LogP contribution in [0.15, 0.2) is 6.07 Å². The number of carbonyl (C=O) groups excluding carboxylic acids is 1. The molecule has 0 saturated heterocycles. The Hall–Kier alpha value is -1.32. The van der Waals surface area contributed by atoms with Crippen LogP contribution in [0.5, 0.6) is 0 Å². The fourth-order valence-electron chi connectivity index (χ4n) is 1.30. The first-order chi connectivity index (χ1) is 7.16. The van der Waals surface area contributed by atoms with Crippen molar-refractivity contribution in [1.82, 2.24) is 0 Å². The molecule has 1 rings (SSSR count). The van der Waals surface area contributed by atoms with Gasteiger partial charge < -0.3 is 0 Å². The van der Waals surface area contributed by atoms with Crippen molar-refractivity contribution in [2.75, 3.05) is 0 Å². The zero-order valence-corrected chi connectivity index (χ0v) is 9.62. The van der Waals surface area contributed by atoms with E-state index in [1.165, 1.54) is 27.7 Å². The molecule has 0 aromatic heterocycles. The zero-order valence-electron chi connectivity index (χ0n) is 9.62. The van der Waals surface area contributed by atoms with Crippen molar-refractivity contribution in [3.63, 3.8) is 0 Å². The first-order valence-electron chi connectivity index (χ1n) is 4.85. The van der Waals surface area contributed by atoms with E-state index in [1.54, 1.807) is 0 Å². The number of ketones is 1. The van der Waals surface area contributed by atoms with Gasteiger partial charge in [0.2, 0.25) is 0 Å². The molecule has 0 aliphatic heterocycles. The molecule has 0 bridgehead atoms. The van der Waals surface area contributed by atoms with Crippen molar-refractivity contribution in [2.24, 2.45) is 5.41 Å². The van der Waals surface area contributed by atoms with Gasteiger partial charge in [-0.15, -0.1) is 0 Å². The smallest absolute Gasteiger partial charge is 0.174 e. The van der Waals surface area contributed by atoms with E-state index in [0.717, 1.165) is 6.07 Å². The summed E-state index contributed by atoms with van der Waals surface area (Å²) in [6.07, 6.45) is 0. The Bertz CT molecular complexity index is 418. The van der Waals surface area contributed by atoms with Crippen molar-refractivity contribution >= 4 is 5.78 Å². The minimum Gasteiger partial charge on any atom is -0.293 e. The van der Waals surface area contributed by atoms with Crippen LogP contribution in [-0.4, -0.2) is 5.78 Å². The Labute approximate surface area is 92.3 Å². The quantitative estimate of drug-likeness (QED) is 0.531. The van der Waals surface area contributed by atoms with Crippen LogP contribution in [0.3, 0.4) is 0 Å². The van der Waals surface area contributed by atoms with E-state index in [2.05, 4.69) is 0 Å². The van der Waals surface area contributed by atoms with E-state index in [1.807, 2.05) is 0 Å². The average Bonchev–Trinajstić information content (AvgIpc) is 2.13. The van der Waals surface area contributed by atoms with Gasteiger partial charge in [0.25, 0.3) is 0 Å². The minimum absolute atomic E-state index is 0.0773. The number of hydrogen-bond acceptors (Lipinski definition) is 1. The molecule has 0 unspecified atom stereocenters. The molecule has 0 fully saturated rings. The number of carbonyl (C=O) groups is 1. The van der Waals surface area contributed by atoms with E-state index in [-0.39, 0.29) is 5.56 Å². The molecule has 88 valence electrons. The third-order valence-corrected chi connectivity index (χ3v) is 2.25. The molecule has 0 aliphatic rings. The van der Waals surface area contributed by atoms with Crippen LogP contribution in [0, 0.1) is 29.8 Å². The summed E-state index contributed by atoms with van der Waals surface area (Å²) in [6.45, 7) is 5.86. The van der Waals surface area contributed by atoms with Gasteiger partial charge in [-0.25, -0.2) is 13.2 Å². The van der Waals surface area contributed by atoms with Crippen molar-refractivity contribution < 1.29 is 18.0 Å². The number of Topliss-reactive ketones (excluding diaryl/α,β-unsaturated/α-hetero) is 1. The average molecular weight is 230 g/mol. The Balaban J connectivity index is 3.50. The maximum atomic E-state index is 13.6. The second-order valence-corrected chi connectivity index (χ2v) is 4.76. The van der Waals surface area contributed by atoms with Crippen LogP contribution in [0.1, 0.15) is 36.7 Å². The summed E-state index contributed by atoms with van der Waals surface area (Å²) in [5.74, 6) is -4.35. The molecule has 1 aromatic rings. The molecule has 1 aromatic carbocycles. The molecule has 0 amide bonds. The van der Waals surface area contributed by atoms with Crippen LogP contribution in [0.4, 0.5) is 13.2 Å². The summed E-state index contributed by atoms with van der Waals surface area (Å²) in [6, 6.07) is 0.740. The lowest BCUT2D eigenvalue weighted by Gasteiger charge is -2.18. The number of hydrogen-bond donors (Lipinski definition) is 0. The molecule has 0 spiro atoms. The SMILES string of the molecule is Cc1cc(F)c(F)c(C(=O)C(C)(C)C)c1F. The lowest BCUT2D eigenvalue weighted by molar-refractivity contribution is 0.0847. The van der Waals surface area contributed by atoms with Gasteiger partial charge in [-0.3, -0.25) is 4.79 Å². The van der Waals surface area contributed by atoms with E-state index in [0.29, 0.717) is 0 Å². The van der Waals surface area contributed by atoms with Crippen LogP contribution < -0.4 is 0 Å². The maximum Gasteiger partial charge on any atom is 0.174 e. The van der Waals surface area contributed by atoms with Crippen molar-refractivity contribution in [2.45, 2.75) is 27.7 Å². The molecule has 0 N–H and O–H groups in total. The molecule has 0 saturated carbocycles. The largest absolute Gasteiger partial charge is 0.293 e. The highest BCUT2D eigenvalue weighted by atomic mass is 19.2. The van der Waals surface area contributed by atoms with Crippen molar-refractivity contribution in [3.05, 3.63) is 34.6 Å². The fourth-order valence-corrected chi connectivity index (χ4v) is 1.30. The highest BCUT2D eigenvalue weighted by Crippen LogP contribution is 2.27. The molecule has 0 aliphatic carbocycles. The van der Waals surface area contributed by atoms with Crippen molar-refractivity contribution in [1.29, 1.82) is 0 Å². The van der Waals surface area contributed by atoms with Gasteiger partial charge in [-0.2, -0.15) is 0 Å². The lowest BCUT2D eigenvalue weighted by atomic mass is 9.85. The van der Waals surface area contributed by atoms with Gasteiger partial charge in [0.15, 0.2) is 17.4 Å². The first kappa shape index (κ1) is 12.7. The number of benzene rings is 1.